The number of hydrogen-bond acceptors (Lipinski definition) is 4. The van der Waals surface area contributed by atoms with E-state index >= 15 is 0 Å². The summed E-state index contributed by atoms with van der Waals surface area (Å²) in [6.45, 7) is 2.44. The molecule has 26 heavy (non-hydrogen) atoms. The van der Waals surface area contributed by atoms with Crippen LogP contribution < -0.4 is 10.6 Å². The Bertz CT molecular complexity index is 896. The molecule has 6 heteroatoms. The first kappa shape index (κ1) is 17.5. The van der Waals surface area contributed by atoms with Gasteiger partial charge in [0.05, 0.1) is 0 Å². The number of rotatable bonds is 6. The van der Waals surface area contributed by atoms with Crippen molar-refractivity contribution < 1.29 is 9.18 Å². The van der Waals surface area contributed by atoms with Crippen LogP contribution in [-0.4, -0.2) is 22.4 Å². The van der Waals surface area contributed by atoms with Crippen molar-refractivity contribution in [1.82, 2.24) is 15.3 Å². The van der Waals surface area contributed by atoms with E-state index in [1.165, 1.54) is 12.1 Å². The number of aryl methyl sites for hydroxylation is 1. The summed E-state index contributed by atoms with van der Waals surface area (Å²) < 4.78 is 12.9. The number of halogens is 1. The molecule has 0 fully saturated rings. The summed E-state index contributed by atoms with van der Waals surface area (Å²) in [5, 5.41) is 5.90. The van der Waals surface area contributed by atoms with Gasteiger partial charge in [-0.1, -0.05) is 24.3 Å². The average Bonchev–Trinajstić information content (AvgIpc) is 2.63. The van der Waals surface area contributed by atoms with E-state index in [4.69, 9.17) is 0 Å². The molecule has 1 aromatic heterocycles. The lowest BCUT2D eigenvalue weighted by Crippen LogP contribution is -2.26. The number of nitrogens with zero attached hydrogens (tertiary/aromatic N) is 2. The summed E-state index contributed by atoms with van der Waals surface area (Å²) in [6.07, 6.45) is 2.16. The van der Waals surface area contributed by atoms with Gasteiger partial charge in [-0.05, 0) is 54.8 Å². The molecule has 0 unspecified atom stereocenters. The van der Waals surface area contributed by atoms with E-state index in [0.29, 0.717) is 18.9 Å². The van der Waals surface area contributed by atoms with Crippen LogP contribution >= 0.6 is 0 Å². The lowest BCUT2D eigenvalue weighted by atomic mass is 10.1. The first-order valence-electron chi connectivity index (χ1n) is 8.29. The van der Waals surface area contributed by atoms with Gasteiger partial charge in [-0.2, -0.15) is 0 Å². The highest BCUT2D eigenvalue weighted by Gasteiger charge is 2.08. The minimum absolute atomic E-state index is 0.271. The van der Waals surface area contributed by atoms with Crippen LogP contribution in [0.4, 0.5) is 16.0 Å². The highest BCUT2D eigenvalue weighted by Crippen LogP contribution is 2.14. The van der Waals surface area contributed by atoms with Gasteiger partial charge in [0, 0.05) is 18.4 Å². The summed E-state index contributed by atoms with van der Waals surface area (Å²) in [4.78, 5) is 20.7. The van der Waals surface area contributed by atoms with Gasteiger partial charge in [0.25, 0.3) is 5.91 Å². The first-order chi connectivity index (χ1) is 12.6. The molecule has 1 amide bonds. The summed E-state index contributed by atoms with van der Waals surface area (Å²) in [5.41, 5.74) is 3.22. The van der Waals surface area contributed by atoms with Crippen molar-refractivity contribution >= 4 is 17.5 Å². The van der Waals surface area contributed by atoms with Crippen molar-refractivity contribution in [2.24, 2.45) is 0 Å². The van der Waals surface area contributed by atoms with Gasteiger partial charge in [0.15, 0.2) is 0 Å². The van der Waals surface area contributed by atoms with E-state index in [0.717, 1.165) is 16.8 Å². The van der Waals surface area contributed by atoms with Gasteiger partial charge in [-0.3, -0.25) is 4.79 Å². The number of aromatic nitrogens is 2. The Balaban J connectivity index is 1.58. The molecular formula is C20H19FN4O. The Morgan fingerprint density at radius 3 is 2.69 bits per heavy atom. The van der Waals surface area contributed by atoms with Gasteiger partial charge < -0.3 is 10.6 Å². The van der Waals surface area contributed by atoms with Crippen LogP contribution in [0, 0.1) is 12.7 Å². The van der Waals surface area contributed by atoms with E-state index in [-0.39, 0.29) is 17.4 Å². The maximum absolute atomic E-state index is 12.9. The minimum Gasteiger partial charge on any atom is -0.350 e. The normalized spacial score (nSPS) is 10.4. The van der Waals surface area contributed by atoms with Crippen molar-refractivity contribution in [2.45, 2.75) is 13.3 Å². The molecule has 0 saturated carbocycles. The molecule has 0 atom stereocenters. The van der Waals surface area contributed by atoms with Gasteiger partial charge >= 0.3 is 0 Å². The molecule has 0 spiro atoms. The summed E-state index contributed by atoms with van der Waals surface area (Å²) in [7, 11) is 0. The number of amides is 1. The maximum atomic E-state index is 12.9. The second-order valence-corrected chi connectivity index (χ2v) is 5.89. The van der Waals surface area contributed by atoms with Gasteiger partial charge in [-0.25, -0.2) is 14.4 Å². The number of anilines is 2. The average molecular weight is 350 g/mol. The fraction of sp³-hybridized carbons (Fsp3) is 0.150. The molecule has 3 aromatic rings. The van der Waals surface area contributed by atoms with E-state index in [9.17, 15) is 9.18 Å². The number of carbonyl (C=O) groups excluding carboxylic acids is 1. The van der Waals surface area contributed by atoms with Crippen LogP contribution in [0.2, 0.25) is 0 Å². The van der Waals surface area contributed by atoms with E-state index in [1.54, 1.807) is 24.4 Å². The lowest BCUT2D eigenvalue weighted by Gasteiger charge is -2.08. The second kappa shape index (κ2) is 8.20. The zero-order valence-electron chi connectivity index (χ0n) is 14.4. The molecular weight excluding hydrogens is 331 g/mol. The molecule has 1 heterocycles. The smallest absolute Gasteiger partial charge is 0.270 e. The Hall–Kier alpha value is -3.28. The molecule has 0 bridgehead atoms. The molecule has 0 radical (unpaired) electrons. The Morgan fingerprint density at radius 1 is 1.12 bits per heavy atom. The van der Waals surface area contributed by atoms with Crippen molar-refractivity contribution in [3.63, 3.8) is 0 Å². The molecule has 0 aliphatic carbocycles. The van der Waals surface area contributed by atoms with Crippen molar-refractivity contribution in [3.05, 3.63) is 83.4 Å². The summed E-state index contributed by atoms with van der Waals surface area (Å²) >= 11 is 0. The standard InChI is InChI=1S/C20H19FN4O/c1-14-3-2-4-17(13-14)24-20-23-12-10-18(25-20)19(26)22-11-9-15-5-7-16(21)8-6-15/h2-8,10,12-13H,9,11H2,1H3,(H,22,26)(H,23,24,25). The third-order valence-electron chi connectivity index (χ3n) is 3.77. The topological polar surface area (TPSA) is 66.9 Å². The fourth-order valence-corrected chi connectivity index (χ4v) is 2.46. The Labute approximate surface area is 151 Å². The maximum Gasteiger partial charge on any atom is 0.270 e. The molecule has 132 valence electrons. The van der Waals surface area contributed by atoms with E-state index in [2.05, 4.69) is 20.6 Å². The van der Waals surface area contributed by atoms with Crippen LogP contribution in [0.5, 0.6) is 0 Å². The highest BCUT2D eigenvalue weighted by atomic mass is 19.1. The molecule has 3 rings (SSSR count). The third kappa shape index (κ3) is 4.86. The molecule has 2 aromatic carbocycles. The summed E-state index contributed by atoms with van der Waals surface area (Å²) in [6, 6.07) is 15.6. The first-order valence-corrected chi connectivity index (χ1v) is 8.29. The zero-order chi connectivity index (χ0) is 18.4. The quantitative estimate of drug-likeness (QED) is 0.712. The SMILES string of the molecule is Cc1cccc(Nc2nccc(C(=O)NCCc3ccc(F)cc3)n2)c1. The third-order valence-corrected chi connectivity index (χ3v) is 3.77. The number of carbonyl (C=O) groups is 1. The zero-order valence-corrected chi connectivity index (χ0v) is 14.4. The molecule has 0 aliphatic rings. The summed E-state index contributed by atoms with van der Waals surface area (Å²) in [5.74, 6) is -0.184. The van der Waals surface area contributed by atoms with E-state index < -0.39 is 0 Å². The fourth-order valence-electron chi connectivity index (χ4n) is 2.46. The predicted molar refractivity (Wildman–Crippen MR) is 98.9 cm³/mol. The Kier molecular flexibility index (Phi) is 5.53. The van der Waals surface area contributed by atoms with Crippen LogP contribution in [0.25, 0.3) is 0 Å². The van der Waals surface area contributed by atoms with E-state index in [1.807, 2.05) is 31.2 Å². The van der Waals surface area contributed by atoms with Gasteiger partial charge in [0.1, 0.15) is 11.5 Å². The molecule has 5 nitrogen and oxygen atoms in total. The van der Waals surface area contributed by atoms with Crippen molar-refractivity contribution in [2.75, 3.05) is 11.9 Å². The van der Waals surface area contributed by atoms with Crippen LogP contribution in [0.15, 0.2) is 60.8 Å². The predicted octanol–water partition coefficient (Wildman–Crippen LogP) is 3.64. The number of benzene rings is 2. The largest absolute Gasteiger partial charge is 0.350 e. The molecule has 0 saturated heterocycles. The monoisotopic (exact) mass is 350 g/mol. The second-order valence-electron chi connectivity index (χ2n) is 5.89. The van der Waals surface area contributed by atoms with Crippen molar-refractivity contribution in [3.8, 4) is 0 Å². The van der Waals surface area contributed by atoms with Crippen LogP contribution in [-0.2, 0) is 6.42 Å². The van der Waals surface area contributed by atoms with Crippen LogP contribution in [0.1, 0.15) is 21.6 Å². The lowest BCUT2D eigenvalue weighted by molar-refractivity contribution is 0.0949. The minimum atomic E-state index is -0.276. The van der Waals surface area contributed by atoms with Crippen LogP contribution in [0.3, 0.4) is 0 Å². The molecule has 0 aliphatic heterocycles. The highest BCUT2D eigenvalue weighted by molar-refractivity contribution is 5.92. The molecule has 2 N–H and O–H groups in total. The Morgan fingerprint density at radius 2 is 1.92 bits per heavy atom. The van der Waals surface area contributed by atoms with Crippen molar-refractivity contribution in [1.29, 1.82) is 0 Å². The van der Waals surface area contributed by atoms with Gasteiger partial charge in [-0.15, -0.1) is 0 Å². The van der Waals surface area contributed by atoms with Gasteiger partial charge in [0.2, 0.25) is 5.95 Å². The number of nitrogens with one attached hydrogen (secondary N) is 2. The number of hydrogen-bond donors (Lipinski definition) is 2.